The summed E-state index contributed by atoms with van der Waals surface area (Å²) in [6, 6.07) is 9.30. The van der Waals surface area contributed by atoms with Gasteiger partial charge < -0.3 is 14.6 Å². The monoisotopic (exact) mass is 385 g/mol. The molecule has 1 N–H and O–H groups in total. The number of fused-ring (bicyclic) bond motifs is 3. The first-order chi connectivity index (χ1) is 11.2. The summed E-state index contributed by atoms with van der Waals surface area (Å²) in [6.45, 7) is 0. The second kappa shape index (κ2) is 8.39. The molecule has 138 valence electrons. The zero-order chi connectivity index (χ0) is 15.8. The largest absolute Gasteiger partial charge is 0.441 e. The lowest BCUT2D eigenvalue weighted by atomic mass is 9.98. The molecule has 4 rings (SSSR count). The zero-order valence-electron chi connectivity index (χ0n) is 14.3. The first-order valence-corrected chi connectivity index (χ1v) is 8.55. The van der Waals surface area contributed by atoms with Crippen LogP contribution in [-0.4, -0.2) is 41.0 Å². The van der Waals surface area contributed by atoms with Crippen LogP contribution in [0.2, 0.25) is 0 Å². The maximum atomic E-state index is 12.5. The molecule has 1 aromatic heterocycles. The second-order valence-electron chi connectivity index (χ2n) is 6.84. The average molecular weight is 386 g/mol. The molecule has 2 aromatic rings. The summed E-state index contributed by atoms with van der Waals surface area (Å²) in [6.07, 6.45) is 5.71. The van der Waals surface area contributed by atoms with Gasteiger partial charge in [-0.15, -0.1) is 24.8 Å². The topological polar surface area (TPSA) is 58.4 Å². The highest BCUT2D eigenvalue weighted by Crippen LogP contribution is 2.29. The first-order valence-electron chi connectivity index (χ1n) is 8.55. The number of nitrogens with one attached hydrogen (secondary N) is 1. The average Bonchev–Trinajstić information content (AvgIpc) is 3.14. The predicted octanol–water partition coefficient (Wildman–Crippen LogP) is 3.35. The van der Waals surface area contributed by atoms with E-state index >= 15 is 0 Å². The third-order valence-electron chi connectivity index (χ3n) is 5.28. The highest BCUT2D eigenvalue weighted by Gasteiger charge is 2.36. The number of benzene rings is 1. The van der Waals surface area contributed by atoms with E-state index in [0.717, 1.165) is 23.9 Å². The van der Waals surface area contributed by atoms with Crippen molar-refractivity contribution in [2.24, 2.45) is 0 Å². The molecule has 2 atom stereocenters. The SMILES string of the molecule is CN(C(=O)CCc1nc2ccccc2o1)C1CC2CCC(C1)N2.Cl.Cl. The number of oxazole rings is 1. The summed E-state index contributed by atoms with van der Waals surface area (Å²) in [5, 5.41) is 3.62. The van der Waals surface area contributed by atoms with Crippen LogP contribution in [0.5, 0.6) is 0 Å². The standard InChI is InChI=1S/C18H23N3O2.2ClH/c1-21(14-10-12-6-7-13(11-14)19-12)18(22)9-8-17-20-15-4-2-3-5-16(15)23-17;;/h2-5,12-14,19H,6-11H2,1H3;2*1H. The molecule has 0 saturated carbocycles. The number of hydrogen-bond acceptors (Lipinski definition) is 4. The number of amides is 1. The molecule has 3 heterocycles. The van der Waals surface area contributed by atoms with Crippen molar-refractivity contribution in [2.75, 3.05) is 7.05 Å². The number of piperidine rings is 1. The summed E-state index contributed by atoms with van der Waals surface area (Å²) in [4.78, 5) is 18.9. The van der Waals surface area contributed by atoms with E-state index in [0.29, 0.717) is 36.9 Å². The molecule has 2 fully saturated rings. The van der Waals surface area contributed by atoms with Crippen LogP contribution >= 0.6 is 24.8 Å². The highest BCUT2D eigenvalue weighted by atomic mass is 35.5. The molecular weight excluding hydrogens is 361 g/mol. The molecular formula is C18H25Cl2N3O2. The van der Waals surface area contributed by atoms with Crippen LogP contribution in [0.15, 0.2) is 28.7 Å². The molecule has 2 aliphatic heterocycles. The minimum absolute atomic E-state index is 0. The minimum atomic E-state index is 0. The Balaban J connectivity index is 0.00000113. The van der Waals surface area contributed by atoms with Gasteiger partial charge in [0.2, 0.25) is 5.91 Å². The smallest absolute Gasteiger partial charge is 0.223 e. The van der Waals surface area contributed by atoms with Gasteiger partial charge in [0.15, 0.2) is 11.5 Å². The van der Waals surface area contributed by atoms with Crippen molar-refractivity contribution in [3.05, 3.63) is 30.2 Å². The van der Waals surface area contributed by atoms with Crippen molar-refractivity contribution in [3.63, 3.8) is 0 Å². The molecule has 2 aliphatic rings. The molecule has 1 amide bonds. The number of carbonyl (C=O) groups excluding carboxylic acids is 1. The normalized spacial score (nSPS) is 24.4. The molecule has 0 spiro atoms. The number of aryl methyl sites for hydroxylation is 1. The van der Waals surface area contributed by atoms with Crippen LogP contribution in [0.4, 0.5) is 0 Å². The van der Waals surface area contributed by atoms with Gasteiger partial charge in [-0.2, -0.15) is 0 Å². The van der Waals surface area contributed by atoms with Crippen molar-refractivity contribution in [1.29, 1.82) is 0 Å². The fourth-order valence-electron chi connectivity index (χ4n) is 3.96. The minimum Gasteiger partial charge on any atom is -0.441 e. The van der Waals surface area contributed by atoms with Gasteiger partial charge in [0.05, 0.1) is 0 Å². The lowest BCUT2D eigenvalue weighted by Gasteiger charge is -2.35. The number of aromatic nitrogens is 1. The third-order valence-corrected chi connectivity index (χ3v) is 5.28. The van der Waals surface area contributed by atoms with Crippen LogP contribution in [0, 0.1) is 0 Å². The Labute approximate surface area is 160 Å². The van der Waals surface area contributed by atoms with Gasteiger partial charge in [-0.05, 0) is 37.8 Å². The van der Waals surface area contributed by atoms with Crippen molar-refractivity contribution >= 4 is 41.8 Å². The van der Waals surface area contributed by atoms with Crippen molar-refractivity contribution in [3.8, 4) is 0 Å². The van der Waals surface area contributed by atoms with Gasteiger partial charge in [-0.1, -0.05) is 12.1 Å². The number of carbonyl (C=O) groups is 1. The van der Waals surface area contributed by atoms with Crippen LogP contribution in [0.3, 0.4) is 0 Å². The van der Waals surface area contributed by atoms with Gasteiger partial charge in [-0.25, -0.2) is 4.98 Å². The van der Waals surface area contributed by atoms with E-state index < -0.39 is 0 Å². The lowest BCUT2D eigenvalue weighted by molar-refractivity contribution is -0.132. The number of rotatable bonds is 4. The Morgan fingerprint density at radius 3 is 2.60 bits per heavy atom. The highest BCUT2D eigenvalue weighted by molar-refractivity contribution is 5.85. The van der Waals surface area contributed by atoms with Gasteiger partial charge in [0, 0.05) is 38.0 Å². The van der Waals surface area contributed by atoms with Crippen molar-refractivity contribution in [1.82, 2.24) is 15.2 Å². The lowest BCUT2D eigenvalue weighted by Crippen LogP contribution is -2.48. The number of para-hydroxylation sites is 2. The molecule has 1 aromatic carbocycles. The van der Waals surface area contributed by atoms with Gasteiger partial charge in [0.1, 0.15) is 5.52 Å². The molecule has 0 aliphatic carbocycles. The van der Waals surface area contributed by atoms with Crippen LogP contribution < -0.4 is 5.32 Å². The Kier molecular flexibility index (Phi) is 6.72. The van der Waals surface area contributed by atoms with Crippen molar-refractivity contribution < 1.29 is 9.21 Å². The summed E-state index contributed by atoms with van der Waals surface area (Å²) >= 11 is 0. The molecule has 2 bridgehead atoms. The van der Waals surface area contributed by atoms with E-state index in [2.05, 4.69) is 10.3 Å². The molecule has 7 heteroatoms. The zero-order valence-corrected chi connectivity index (χ0v) is 15.9. The van der Waals surface area contributed by atoms with E-state index in [1.807, 2.05) is 36.2 Å². The fraction of sp³-hybridized carbons (Fsp3) is 0.556. The van der Waals surface area contributed by atoms with Gasteiger partial charge in [0.25, 0.3) is 0 Å². The Bertz CT molecular complexity index is 676. The summed E-state index contributed by atoms with van der Waals surface area (Å²) in [5.74, 6) is 0.844. The number of halogens is 2. The maximum absolute atomic E-state index is 12.5. The van der Waals surface area contributed by atoms with Crippen LogP contribution in [0.25, 0.3) is 11.1 Å². The quantitative estimate of drug-likeness (QED) is 0.876. The number of nitrogens with zero attached hydrogens (tertiary/aromatic N) is 2. The van der Waals surface area contributed by atoms with E-state index in [4.69, 9.17) is 4.42 Å². The van der Waals surface area contributed by atoms with Crippen LogP contribution in [0.1, 0.15) is 38.0 Å². The van der Waals surface area contributed by atoms with Gasteiger partial charge in [-0.3, -0.25) is 4.79 Å². The number of hydrogen-bond donors (Lipinski definition) is 1. The van der Waals surface area contributed by atoms with Gasteiger partial charge >= 0.3 is 0 Å². The summed E-state index contributed by atoms with van der Waals surface area (Å²) < 4.78 is 5.70. The summed E-state index contributed by atoms with van der Waals surface area (Å²) in [5.41, 5.74) is 1.65. The Hall–Kier alpha value is -1.30. The second-order valence-corrected chi connectivity index (χ2v) is 6.84. The molecule has 2 unspecified atom stereocenters. The van der Waals surface area contributed by atoms with E-state index in [1.54, 1.807) is 0 Å². The molecule has 25 heavy (non-hydrogen) atoms. The van der Waals surface area contributed by atoms with Crippen LogP contribution in [-0.2, 0) is 11.2 Å². The molecule has 0 radical (unpaired) electrons. The Morgan fingerprint density at radius 2 is 1.92 bits per heavy atom. The Morgan fingerprint density at radius 1 is 1.24 bits per heavy atom. The van der Waals surface area contributed by atoms with E-state index in [1.165, 1.54) is 12.8 Å². The molecule has 2 saturated heterocycles. The van der Waals surface area contributed by atoms with E-state index in [9.17, 15) is 4.79 Å². The fourth-order valence-corrected chi connectivity index (χ4v) is 3.96. The third kappa shape index (κ3) is 4.27. The van der Waals surface area contributed by atoms with E-state index in [-0.39, 0.29) is 30.7 Å². The molecule has 5 nitrogen and oxygen atoms in total. The predicted molar refractivity (Wildman–Crippen MR) is 103 cm³/mol. The first kappa shape index (κ1) is 20.0. The summed E-state index contributed by atoms with van der Waals surface area (Å²) in [7, 11) is 1.95. The maximum Gasteiger partial charge on any atom is 0.223 e. The van der Waals surface area contributed by atoms with Crippen molar-refractivity contribution in [2.45, 2.75) is 56.7 Å².